The number of hydrogen-bond acceptors (Lipinski definition) is 4. The van der Waals surface area contributed by atoms with Crippen LogP contribution in [-0.4, -0.2) is 36.5 Å². The van der Waals surface area contributed by atoms with E-state index >= 15 is 0 Å². The fourth-order valence-corrected chi connectivity index (χ4v) is 1.84. The van der Waals surface area contributed by atoms with Crippen LogP contribution in [0.4, 0.5) is 0 Å². The van der Waals surface area contributed by atoms with E-state index in [-0.39, 0.29) is 18.4 Å². The van der Waals surface area contributed by atoms with Crippen molar-refractivity contribution in [2.24, 2.45) is 0 Å². The van der Waals surface area contributed by atoms with Crippen LogP contribution in [0.1, 0.15) is 16.8 Å². The highest BCUT2D eigenvalue weighted by molar-refractivity contribution is 5.93. The van der Waals surface area contributed by atoms with Crippen LogP contribution in [-0.2, 0) is 4.79 Å². The molecule has 0 spiro atoms. The summed E-state index contributed by atoms with van der Waals surface area (Å²) in [7, 11) is 0. The number of aromatic nitrogens is 1. The van der Waals surface area contributed by atoms with Gasteiger partial charge in [-0.3, -0.25) is 14.6 Å². The van der Waals surface area contributed by atoms with E-state index in [4.69, 9.17) is 4.74 Å². The van der Waals surface area contributed by atoms with Crippen LogP contribution in [0.3, 0.4) is 0 Å². The third-order valence-electron chi connectivity index (χ3n) is 3.02. The normalized spacial score (nSPS) is 9.91. The van der Waals surface area contributed by atoms with Crippen molar-refractivity contribution < 1.29 is 14.3 Å². The molecular weight excluding hydrogens is 294 g/mol. The van der Waals surface area contributed by atoms with Gasteiger partial charge in [-0.25, -0.2) is 0 Å². The highest BCUT2D eigenvalue weighted by Crippen LogP contribution is 2.07. The van der Waals surface area contributed by atoms with E-state index in [1.165, 1.54) is 0 Å². The van der Waals surface area contributed by atoms with Crippen molar-refractivity contribution in [3.63, 3.8) is 0 Å². The zero-order valence-corrected chi connectivity index (χ0v) is 12.7. The van der Waals surface area contributed by atoms with Gasteiger partial charge >= 0.3 is 0 Å². The molecule has 0 aliphatic carbocycles. The first-order chi connectivity index (χ1) is 11.3. The Bertz CT molecular complexity index is 617. The minimum absolute atomic E-state index is 0.0204. The van der Waals surface area contributed by atoms with Crippen molar-refractivity contribution >= 4 is 11.8 Å². The van der Waals surface area contributed by atoms with Gasteiger partial charge in [0.1, 0.15) is 5.75 Å². The van der Waals surface area contributed by atoms with Gasteiger partial charge in [-0.05, 0) is 30.7 Å². The Morgan fingerprint density at radius 3 is 2.39 bits per heavy atom. The number of benzene rings is 1. The van der Waals surface area contributed by atoms with Crippen molar-refractivity contribution in [3.8, 4) is 5.75 Å². The average molecular weight is 313 g/mol. The number of pyridine rings is 1. The summed E-state index contributed by atoms with van der Waals surface area (Å²) >= 11 is 0. The number of nitrogens with one attached hydrogen (secondary N) is 2. The summed E-state index contributed by atoms with van der Waals surface area (Å²) in [6, 6.07) is 12.5. The molecule has 0 saturated heterocycles. The number of rotatable bonds is 8. The second-order valence-corrected chi connectivity index (χ2v) is 4.80. The van der Waals surface area contributed by atoms with Gasteiger partial charge in [-0.1, -0.05) is 18.2 Å². The van der Waals surface area contributed by atoms with Crippen LogP contribution in [0.5, 0.6) is 5.75 Å². The minimum atomic E-state index is -0.186. The summed E-state index contributed by atoms with van der Waals surface area (Å²) in [4.78, 5) is 27.2. The first-order valence-corrected chi connectivity index (χ1v) is 7.38. The topological polar surface area (TPSA) is 80.3 Å². The van der Waals surface area contributed by atoms with Gasteiger partial charge in [0, 0.05) is 31.0 Å². The Labute approximate surface area is 134 Å². The summed E-state index contributed by atoms with van der Waals surface area (Å²) < 4.78 is 5.33. The fraction of sp³-hybridized carbons (Fsp3) is 0.235. The van der Waals surface area contributed by atoms with Gasteiger partial charge in [-0.15, -0.1) is 0 Å². The van der Waals surface area contributed by atoms with Crippen molar-refractivity contribution in [1.29, 1.82) is 0 Å². The maximum Gasteiger partial charge on any atom is 0.257 e. The lowest BCUT2D eigenvalue weighted by Crippen LogP contribution is -2.32. The molecule has 0 unspecified atom stereocenters. The van der Waals surface area contributed by atoms with Crippen LogP contribution in [0, 0.1) is 0 Å². The highest BCUT2D eigenvalue weighted by atomic mass is 16.5. The van der Waals surface area contributed by atoms with E-state index in [2.05, 4.69) is 15.6 Å². The van der Waals surface area contributed by atoms with E-state index in [0.29, 0.717) is 30.8 Å². The molecule has 2 N–H and O–H groups in total. The van der Waals surface area contributed by atoms with Crippen LogP contribution >= 0.6 is 0 Å². The summed E-state index contributed by atoms with van der Waals surface area (Å²) in [6.45, 7) is 0.946. The van der Waals surface area contributed by atoms with E-state index in [0.717, 1.165) is 0 Å². The van der Waals surface area contributed by atoms with E-state index < -0.39 is 0 Å². The van der Waals surface area contributed by atoms with E-state index in [1.54, 1.807) is 36.7 Å². The Hall–Kier alpha value is -2.89. The molecule has 0 saturated carbocycles. The fourth-order valence-electron chi connectivity index (χ4n) is 1.84. The summed E-state index contributed by atoms with van der Waals surface area (Å²) in [5.74, 6) is 0.327. The predicted octanol–water partition coefficient (Wildman–Crippen LogP) is 1.40. The lowest BCUT2D eigenvalue weighted by Gasteiger charge is -2.08. The number of nitrogens with zero attached hydrogens (tertiary/aromatic N) is 1. The number of ether oxygens (including phenoxy) is 1. The minimum Gasteiger partial charge on any atom is -0.484 e. The number of amides is 2. The summed E-state index contributed by atoms with van der Waals surface area (Å²) in [5.41, 5.74) is 0.570. The maximum atomic E-state index is 11.8. The Morgan fingerprint density at radius 2 is 1.65 bits per heavy atom. The highest BCUT2D eigenvalue weighted by Gasteiger charge is 2.04. The zero-order chi connectivity index (χ0) is 16.3. The number of hydrogen-bond donors (Lipinski definition) is 2. The van der Waals surface area contributed by atoms with E-state index in [9.17, 15) is 9.59 Å². The monoisotopic (exact) mass is 313 g/mol. The molecule has 0 aliphatic heterocycles. The number of carbonyl (C=O) groups excluding carboxylic acids is 2. The maximum absolute atomic E-state index is 11.8. The molecule has 0 radical (unpaired) electrons. The lowest BCUT2D eigenvalue weighted by molar-refractivity contribution is -0.123. The molecule has 2 aromatic rings. The molecule has 1 heterocycles. The molecule has 0 bridgehead atoms. The van der Waals surface area contributed by atoms with Crippen molar-refractivity contribution in [3.05, 3.63) is 60.4 Å². The molecule has 0 atom stereocenters. The van der Waals surface area contributed by atoms with Gasteiger partial charge in [0.2, 0.25) is 0 Å². The number of carbonyl (C=O) groups is 2. The third-order valence-corrected chi connectivity index (χ3v) is 3.02. The van der Waals surface area contributed by atoms with E-state index in [1.807, 2.05) is 18.2 Å². The lowest BCUT2D eigenvalue weighted by atomic mass is 10.2. The largest absolute Gasteiger partial charge is 0.484 e. The van der Waals surface area contributed by atoms with Crippen LogP contribution in [0.25, 0.3) is 0 Å². The number of para-hydroxylation sites is 1. The smallest absolute Gasteiger partial charge is 0.257 e. The second-order valence-electron chi connectivity index (χ2n) is 4.80. The summed E-state index contributed by atoms with van der Waals surface area (Å²) in [6.07, 6.45) is 3.79. The molecule has 2 amide bonds. The molecule has 1 aromatic carbocycles. The van der Waals surface area contributed by atoms with Crippen molar-refractivity contribution in [1.82, 2.24) is 15.6 Å². The SMILES string of the molecule is O=C(COc1ccccc1)NCCCNC(=O)c1ccncc1. The van der Waals surface area contributed by atoms with Gasteiger partial charge in [-0.2, -0.15) is 0 Å². The van der Waals surface area contributed by atoms with Gasteiger partial charge in [0.25, 0.3) is 11.8 Å². The molecule has 0 aliphatic rings. The molecule has 0 fully saturated rings. The molecule has 120 valence electrons. The zero-order valence-electron chi connectivity index (χ0n) is 12.7. The molecule has 23 heavy (non-hydrogen) atoms. The third kappa shape index (κ3) is 6.17. The molecule has 1 aromatic heterocycles. The molecule has 6 heteroatoms. The Balaban J connectivity index is 1.55. The Kier molecular flexibility index (Phi) is 6.59. The predicted molar refractivity (Wildman–Crippen MR) is 86.1 cm³/mol. The molecule has 6 nitrogen and oxygen atoms in total. The quantitative estimate of drug-likeness (QED) is 0.722. The summed E-state index contributed by atoms with van der Waals surface area (Å²) in [5, 5.41) is 5.52. The van der Waals surface area contributed by atoms with Crippen molar-refractivity contribution in [2.45, 2.75) is 6.42 Å². The molecular formula is C17H19N3O3. The van der Waals surface area contributed by atoms with Crippen LogP contribution in [0.15, 0.2) is 54.9 Å². The van der Waals surface area contributed by atoms with Crippen LogP contribution < -0.4 is 15.4 Å². The second kappa shape index (κ2) is 9.19. The average Bonchev–Trinajstić information content (AvgIpc) is 2.61. The first kappa shape index (κ1) is 16.5. The van der Waals surface area contributed by atoms with Gasteiger partial charge in [0.15, 0.2) is 6.61 Å². The Morgan fingerprint density at radius 1 is 0.957 bits per heavy atom. The molecule has 2 rings (SSSR count). The van der Waals surface area contributed by atoms with Crippen LogP contribution in [0.2, 0.25) is 0 Å². The van der Waals surface area contributed by atoms with Gasteiger partial charge < -0.3 is 15.4 Å². The standard InChI is InChI=1S/C17H19N3O3/c21-16(13-23-15-5-2-1-3-6-15)19-9-4-10-20-17(22)14-7-11-18-12-8-14/h1-3,5-8,11-12H,4,9-10,13H2,(H,19,21)(H,20,22). The first-order valence-electron chi connectivity index (χ1n) is 7.38. The van der Waals surface area contributed by atoms with Crippen molar-refractivity contribution in [2.75, 3.05) is 19.7 Å². The van der Waals surface area contributed by atoms with Gasteiger partial charge in [0.05, 0.1) is 0 Å².